The van der Waals surface area contributed by atoms with Crippen LogP contribution in [0.2, 0.25) is 0 Å². The highest BCUT2D eigenvalue weighted by Crippen LogP contribution is 2.66. The third-order valence-corrected chi connectivity index (χ3v) is 9.84. The topological polar surface area (TPSA) is 62.2 Å². The molecule has 2 heterocycles. The first-order chi connectivity index (χ1) is 18.0. The van der Waals surface area contributed by atoms with E-state index >= 15 is 0 Å². The molecule has 0 unspecified atom stereocenters. The zero-order valence-corrected chi connectivity index (χ0v) is 21.6. The van der Waals surface area contributed by atoms with Gasteiger partial charge in [0, 0.05) is 36.7 Å². The summed E-state index contributed by atoms with van der Waals surface area (Å²) in [5.74, 6) is 7.87. The number of methoxy groups -OCH3 is 1. The normalized spacial score (nSPS) is 33.0. The smallest absolute Gasteiger partial charge is 0.298 e. The second-order valence-corrected chi connectivity index (χ2v) is 11.6. The first-order valence-electron chi connectivity index (χ1n) is 13.6. The first-order valence-corrected chi connectivity index (χ1v) is 13.6. The molecule has 3 aliphatic carbocycles. The van der Waals surface area contributed by atoms with Crippen LogP contribution in [0.15, 0.2) is 42.5 Å². The van der Waals surface area contributed by atoms with Crippen LogP contribution in [0.4, 0.5) is 0 Å². The Morgan fingerprint density at radius 3 is 2.76 bits per heavy atom. The van der Waals surface area contributed by atoms with Crippen molar-refractivity contribution in [2.75, 3.05) is 27.2 Å². The minimum atomic E-state index is -0.897. The second-order valence-electron chi connectivity index (χ2n) is 11.6. The van der Waals surface area contributed by atoms with E-state index < -0.39 is 11.0 Å². The molecule has 1 amide bonds. The zero-order chi connectivity index (χ0) is 25.4. The van der Waals surface area contributed by atoms with E-state index in [0.717, 1.165) is 48.7 Å². The van der Waals surface area contributed by atoms with Gasteiger partial charge >= 0.3 is 0 Å². The van der Waals surface area contributed by atoms with Crippen molar-refractivity contribution in [2.24, 2.45) is 5.92 Å². The minimum Gasteiger partial charge on any atom is -0.493 e. The van der Waals surface area contributed by atoms with Gasteiger partial charge in [0.15, 0.2) is 11.5 Å². The maximum atomic E-state index is 13.3. The number of hydrogen-bond donors (Lipinski definition) is 1. The highest BCUT2D eigenvalue weighted by Gasteiger charge is 2.73. The van der Waals surface area contributed by atoms with Crippen molar-refractivity contribution in [2.45, 2.75) is 67.7 Å². The third kappa shape index (κ3) is 3.23. The Hall–Kier alpha value is -3.01. The number of nitrogens with zero attached hydrogens (tertiary/aromatic N) is 2. The number of benzene rings is 2. The Morgan fingerprint density at radius 2 is 2.00 bits per heavy atom. The van der Waals surface area contributed by atoms with E-state index in [2.05, 4.69) is 22.8 Å². The molecule has 37 heavy (non-hydrogen) atoms. The molecule has 5 aliphatic rings. The number of rotatable bonds is 4. The predicted molar refractivity (Wildman–Crippen MR) is 140 cm³/mol. The van der Waals surface area contributed by atoms with E-state index in [-0.39, 0.29) is 24.1 Å². The zero-order valence-electron chi connectivity index (χ0n) is 21.6. The maximum absolute atomic E-state index is 13.3. The summed E-state index contributed by atoms with van der Waals surface area (Å²) in [5, 5.41) is 12.7. The van der Waals surface area contributed by atoms with Gasteiger partial charge in [0.2, 0.25) is 0 Å². The fourth-order valence-corrected chi connectivity index (χ4v) is 7.89. The number of likely N-dealkylation sites (tertiary alicyclic amines) is 1. The van der Waals surface area contributed by atoms with Crippen LogP contribution in [0.25, 0.3) is 0 Å². The van der Waals surface area contributed by atoms with E-state index in [0.29, 0.717) is 18.6 Å². The molecule has 0 aromatic heterocycles. The van der Waals surface area contributed by atoms with Crippen molar-refractivity contribution < 1.29 is 19.4 Å². The van der Waals surface area contributed by atoms with Crippen LogP contribution in [0.1, 0.15) is 48.8 Å². The number of hydrogen-bond acceptors (Lipinski definition) is 5. The molecular weight excluding hydrogens is 464 g/mol. The van der Waals surface area contributed by atoms with Crippen LogP contribution in [-0.2, 0) is 16.6 Å². The Labute approximate surface area is 218 Å². The Kier molecular flexibility index (Phi) is 5.15. The van der Waals surface area contributed by atoms with Gasteiger partial charge in [-0.1, -0.05) is 30.2 Å². The summed E-state index contributed by atoms with van der Waals surface area (Å²) in [5.41, 5.74) is 1.75. The summed E-state index contributed by atoms with van der Waals surface area (Å²) in [6, 6.07) is 13.6. The number of likely N-dealkylation sites (N-methyl/N-ethyl adjacent to an activating group) is 1. The van der Waals surface area contributed by atoms with Gasteiger partial charge in [-0.05, 0) is 74.8 Å². The molecule has 7 rings (SSSR count). The molecule has 1 spiro atoms. The molecule has 2 aliphatic heterocycles. The quantitative estimate of drug-likeness (QED) is 0.657. The van der Waals surface area contributed by atoms with Crippen LogP contribution in [0, 0.1) is 17.8 Å². The molecule has 3 fully saturated rings. The largest absolute Gasteiger partial charge is 0.493 e. The Balaban J connectivity index is 1.28. The minimum absolute atomic E-state index is 0.0691. The van der Waals surface area contributed by atoms with Crippen molar-refractivity contribution in [3.63, 3.8) is 0 Å². The van der Waals surface area contributed by atoms with Gasteiger partial charge in [-0.25, -0.2) is 0 Å². The molecule has 1 N–H and O–H groups in total. The number of aliphatic hydroxyl groups is 1. The number of ether oxygens (including phenoxy) is 2. The monoisotopic (exact) mass is 498 g/mol. The molecule has 6 heteroatoms. The van der Waals surface area contributed by atoms with E-state index in [9.17, 15) is 9.90 Å². The Bertz CT molecular complexity index is 1310. The summed E-state index contributed by atoms with van der Waals surface area (Å²) in [4.78, 5) is 17.6. The second kappa shape index (κ2) is 8.24. The summed E-state index contributed by atoms with van der Waals surface area (Å²) >= 11 is 0. The van der Waals surface area contributed by atoms with Crippen molar-refractivity contribution in [3.8, 4) is 23.3 Å². The summed E-state index contributed by atoms with van der Waals surface area (Å²) in [6.07, 6.45) is 5.23. The summed E-state index contributed by atoms with van der Waals surface area (Å²) in [6.45, 7) is 2.02. The van der Waals surface area contributed by atoms with Crippen LogP contribution < -0.4 is 9.47 Å². The lowest BCUT2D eigenvalue weighted by Crippen LogP contribution is -2.78. The molecule has 6 nitrogen and oxygen atoms in total. The molecule has 2 saturated carbocycles. The number of carbonyl (C=O) groups is 1. The van der Waals surface area contributed by atoms with Crippen LogP contribution in [0.3, 0.4) is 0 Å². The molecule has 1 saturated heterocycles. The van der Waals surface area contributed by atoms with E-state index in [1.54, 1.807) is 12.0 Å². The molecule has 5 atom stereocenters. The molecule has 0 radical (unpaired) electrons. The van der Waals surface area contributed by atoms with Gasteiger partial charge < -0.3 is 19.5 Å². The van der Waals surface area contributed by atoms with E-state index in [4.69, 9.17) is 9.47 Å². The molecular formula is C31H34N2O4. The highest BCUT2D eigenvalue weighted by molar-refractivity contribution is 5.94. The van der Waals surface area contributed by atoms with Crippen LogP contribution in [0.5, 0.6) is 11.5 Å². The van der Waals surface area contributed by atoms with Gasteiger partial charge in [0.1, 0.15) is 6.10 Å². The third-order valence-electron chi connectivity index (χ3n) is 9.84. The lowest BCUT2D eigenvalue weighted by molar-refractivity contribution is -0.199. The predicted octanol–water partition coefficient (Wildman–Crippen LogP) is 3.14. The molecule has 2 aromatic rings. The molecule has 192 valence electrons. The van der Waals surface area contributed by atoms with Crippen molar-refractivity contribution in [1.82, 2.24) is 9.80 Å². The number of amides is 1. The average Bonchev–Trinajstić information content (AvgIpc) is 3.66. The SMILES string of the molecule is COc1ccc2c3c1O[C@H]1[C@H](N(C)C(=O)C#Cc4ccccc4)CC[C@@]4(O)[C@@H](C2)N(CC2CC2)CC[C@]314. The van der Waals surface area contributed by atoms with Gasteiger partial charge in [-0.15, -0.1) is 0 Å². The van der Waals surface area contributed by atoms with E-state index in [1.807, 2.05) is 43.4 Å². The van der Waals surface area contributed by atoms with Crippen LogP contribution in [-0.4, -0.2) is 71.8 Å². The fourth-order valence-electron chi connectivity index (χ4n) is 7.89. The number of piperidine rings is 1. The maximum Gasteiger partial charge on any atom is 0.298 e. The summed E-state index contributed by atoms with van der Waals surface area (Å²) < 4.78 is 12.5. The van der Waals surface area contributed by atoms with Gasteiger partial charge in [-0.2, -0.15) is 0 Å². The van der Waals surface area contributed by atoms with E-state index in [1.165, 1.54) is 18.4 Å². The van der Waals surface area contributed by atoms with Crippen molar-refractivity contribution >= 4 is 5.91 Å². The van der Waals surface area contributed by atoms with Gasteiger partial charge in [0.05, 0.1) is 24.2 Å². The average molecular weight is 499 g/mol. The lowest BCUT2D eigenvalue weighted by Gasteiger charge is -2.64. The Morgan fingerprint density at radius 1 is 1.19 bits per heavy atom. The number of carbonyl (C=O) groups excluding carboxylic acids is 1. The highest BCUT2D eigenvalue weighted by atomic mass is 16.5. The van der Waals surface area contributed by atoms with Crippen molar-refractivity contribution in [3.05, 3.63) is 59.2 Å². The lowest BCUT2D eigenvalue weighted by atomic mass is 9.48. The standard InChI is InChI=1S/C31H34N2O4/c1-32(26(34)13-10-20-6-4-3-5-7-20)23-14-15-31(35)25-18-22-11-12-24(36-2)28-27(22)30(31,29(23)37-28)16-17-33(25)19-21-8-9-21/h3-7,11-12,21,23,25,29,35H,8-9,14-19H2,1-2H3/t23-,25-,29+,30+,31-/m1/s1. The van der Waals surface area contributed by atoms with Crippen LogP contribution >= 0.6 is 0 Å². The first kappa shape index (κ1) is 23.1. The molecule has 2 bridgehead atoms. The fraction of sp³-hybridized carbons (Fsp3) is 0.516. The van der Waals surface area contributed by atoms with Gasteiger partial charge in [0.25, 0.3) is 5.91 Å². The van der Waals surface area contributed by atoms with Gasteiger partial charge in [-0.3, -0.25) is 9.69 Å². The summed E-state index contributed by atoms with van der Waals surface area (Å²) in [7, 11) is 3.50. The molecule has 2 aromatic carbocycles. The van der Waals surface area contributed by atoms with Crippen molar-refractivity contribution in [1.29, 1.82) is 0 Å².